The largest absolute Gasteiger partial charge is 0.506 e. The van der Waals surface area contributed by atoms with Gasteiger partial charge in [0.05, 0.1) is 20.5 Å². The van der Waals surface area contributed by atoms with Crippen LogP contribution in [0.4, 0.5) is 11.4 Å². The summed E-state index contributed by atoms with van der Waals surface area (Å²) in [7, 11) is 0. The van der Waals surface area contributed by atoms with Crippen molar-refractivity contribution in [3.63, 3.8) is 0 Å². The van der Waals surface area contributed by atoms with E-state index in [0.29, 0.717) is 0 Å². The van der Waals surface area contributed by atoms with E-state index in [1.54, 1.807) is 0 Å². The van der Waals surface area contributed by atoms with Gasteiger partial charge in [-0.05, 0) is 22.0 Å². The second kappa shape index (κ2) is 7.49. The van der Waals surface area contributed by atoms with Crippen LogP contribution in [-0.2, 0) is 0 Å². The van der Waals surface area contributed by atoms with Gasteiger partial charge in [0.25, 0.3) is 17.3 Å². The molecule has 11 heteroatoms. The van der Waals surface area contributed by atoms with Crippen LogP contribution in [0.2, 0.25) is 0 Å². The Kier molecular flexibility index (Phi) is 5.39. The number of hydrogen-bond donors (Lipinski definition) is 2. The lowest BCUT2D eigenvalue weighted by atomic mass is 10.2. The van der Waals surface area contributed by atoms with Gasteiger partial charge in [0, 0.05) is 35.4 Å². The summed E-state index contributed by atoms with van der Waals surface area (Å²) in [6, 6.07) is 7.21. The molecule has 25 heavy (non-hydrogen) atoms. The molecule has 0 unspecified atom stereocenters. The van der Waals surface area contributed by atoms with Crippen LogP contribution in [0.5, 0.6) is 5.75 Å². The highest BCUT2D eigenvalue weighted by Crippen LogP contribution is 2.31. The Balaban J connectivity index is 2.18. The predicted octanol–water partition coefficient (Wildman–Crippen LogP) is 2.74. The van der Waals surface area contributed by atoms with Crippen molar-refractivity contribution in [2.24, 2.45) is 5.10 Å². The molecule has 0 bridgehead atoms. The molecule has 0 saturated heterocycles. The van der Waals surface area contributed by atoms with Crippen LogP contribution in [0.25, 0.3) is 0 Å². The molecule has 2 aromatic rings. The Morgan fingerprint density at radius 2 is 1.84 bits per heavy atom. The first-order valence-corrected chi connectivity index (χ1v) is 7.33. The first-order chi connectivity index (χ1) is 11.8. The number of nitro groups is 2. The van der Waals surface area contributed by atoms with Gasteiger partial charge >= 0.3 is 0 Å². The monoisotopic (exact) mass is 408 g/mol. The van der Waals surface area contributed by atoms with Gasteiger partial charge in [0.15, 0.2) is 0 Å². The van der Waals surface area contributed by atoms with Gasteiger partial charge in [-0.25, -0.2) is 5.43 Å². The van der Waals surface area contributed by atoms with Crippen molar-refractivity contribution in [2.75, 3.05) is 0 Å². The number of hydrogen-bond acceptors (Lipinski definition) is 7. The average molecular weight is 409 g/mol. The predicted molar refractivity (Wildman–Crippen MR) is 90.6 cm³/mol. The van der Waals surface area contributed by atoms with E-state index in [0.717, 1.165) is 24.4 Å². The lowest BCUT2D eigenvalue weighted by Crippen LogP contribution is -2.17. The van der Waals surface area contributed by atoms with Gasteiger partial charge in [-0.1, -0.05) is 6.07 Å². The van der Waals surface area contributed by atoms with Crippen LogP contribution in [-0.4, -0.2) is 27.1 Å². The molecule has 0 fully saturated rings. The molecule has 0 aliphatic carbocycles. The van der Waals surface area contributed by atoms with Crippen molar-refractivity contribution >= 4 is 39.4 Å². The molecule has 2 N–H and O–H groups in total. The minimum atomic E-state index is -0.719. The van der Waals surface area contributed by atoms with E-state index in [-0.39, 0.29) is 32.7 Å². The summed E-state index contributed by atoms with van der Waals surface area (Å²) in [6.07, 6.45) is 1.02. The third-order valence-corrected chi connectivity index (χ3v) is 3.58. The molecule has 0 spiro atoms. The SMILES string of the molecule is O=C(N/N=C\c1cc([N+](=O)[O-])cc(Br)c1O)c1cccc([N+](=O)[O-])c1. The van der Waals surface area contributed by atoms with E-state index >= 15 is 0 Å². The van der Waals surface area contributed by atoms with Crippen LogP contribution < -0.4 is 5.43 Å². The number of phenolic OH excluding ortho intramolecular Hbond substituents is 1. The summed E-state index contributed by atoms with van der Waals surface area (Å²) in [5, 5.41) is 34.9. The van der Waals surface area contributed by atoms with E-state index in [1.807, 2.05) is 0 Å². The summed E-state index contributed by atoms with van der Waals surface area (Å²) in [6.45, 7) is 0. The lowest BCUT2D eigenvalue weighted by Gasteiger charge is -2.03. The molecular formula is C14H9BrN4O6. The zero-order valence-corrected chi connectivity index (χ0v) is 13.8. The number of hydrazone groups is 1. The summed E-state index contributed by atoms with van der Waals surface area (Å²) >= 11 is 2.98. The molecule has 10 nitrogen and oxygen atoms in total. The van der Waals surface area contributed by atoms with Gasteiger partial charge in [-0.3, -0.25) is 25.0 Å². The number of non-ortho nitro benzene ring substituents is 2. The molecule has 0 aliphatic heterocycles. The Morgan fingerprint density at radius 1 is 1.16 bits per heavy atom. The van der Waals surface area contributed by atoms with E-state index in [4.69, 9.17) is 0 Å². The quantitative estimate of drug-likeness (QED) is 0.441. The third kappa shape index (κ3) is 4.35. The highest BCUT2D eigenvalue weighted by molar-refractivity contribution is 9.10. The van der Waals surface area contributed by atoms with Crippen LogP contribution in [0.15, 0.2) is 46.0 Å². The first-order valence-electron chi connectivity index (χ1n) is 6.54. The Morgan fingerprint density at radius 3 is 2.48 bits per heavy atom. The van der Waals surface area contributed by atoms with Gasteiger partial charge < -0.3 is 5.11 Å². The zero-order chi connectivity index (χ0) is 18.6. The van der Waals surface area contributed by atoms with E-state index in [9.17, 15) is 30.1 Å². The van der Waals surface area contributed by atoms with Gasteiger partial charge in [-0.2, -0.15) is 5.10 Å². The number of nitrogens with one attached hydrogen (secondary N) is 1. The Labute approximate surface area is 148 Å². The van der Waals surface area contributed by atoms with Crippen molar-refractivity contribution in [3.8, 4) is 5.75 Å². The van der Waals surface area contributed by atoms with Crippen LogP contribution >= 0.6 is 15.9 Å². The smallest absolute Gasteiger partial charge is 0.271 e. The number of amides is 1. The highest BCUT2D eigenvalue weighted by Gasteiger charge is 2.14. The molecule has 0 atom stereocenters. The second-order valence-electron chi connectivity index (χ2n) is 4.63. The van der Waals surface area contributed by atoms with E-state index in [2.05, 4.69) is 26.5 Å². The molecule has 0 aromatic heterocycles. The number of nitrogens with zero attached hydrogens (tertiary/aromatic N) is 3. The van der Waals surface area contributed by atoms with Crippen molar-refractivity contribution < 1.29 is 19.7 Å². The van der Waals surface area contributed by atoms with Crippen molar-refractivity contribution in [1.82, 2.24) is 5.43 Å². The lowest BCUT2D eigenvalue weighted by molar-refractivity contribution is -0.385. The van der Waals surface area contributed by atoms with Gasteiger partial charge in [0.2, 0.25) is 0 Å². The maximum atomic E-state index is 11.9. The molecular weight excluding hydrogens is 400 g/mol. The second-order valence-corrected chi connectivity index (χ2v) is 5.48. The van der Waals surface area contributed by atoms with Crippen LogP contribution in [0.1, 0.15) is 15.9 Å². The fourth-order valence-corrected chi connectivity index (χ4v) is 2.26. The number of carbonyl (C=O) groups is 1. The van der Waals surface area contributed by atoms with Gasteiger partial charge in [0.1, 0.15) is 5.75 Å². The number of halogens is 1. The highest BCUT2D eigenvalue weighted by atomic mass is 79.9. The molecule has 2 rings (SSSR count). The molecule has 0 saturated carbocycles. The number of nitro benzene ring substituents is 2. The normalized spacial score (nSPS) is 10.6. The third-order valence-electron chi connectivity index (χ3n) is 2.98. The number of phenols is 1. The van der Waals surface area contributed by atoms with Gasteiger partial charge in [-0.15, -0.1) is 0 Å². The number of benzene rings is 2. The maximum absolute atomic E-state index is 11.9. The first kappa shape index (κ1) is 18.0. The van der Waals surface area contributed by atoms with Crippen molar-refractivity contribution in [2.45, 2.75) is 0 Å². The molecule has 0 aliphatic rings. The summed E-state index contributed by atoms with van der Waals surface area (Å²) in [4.78, 5) is 32.1. The Bertz CT molecular complexity index is 899. The maximum Gasteiger partial charge on any atom is 0.271 e. The fraction of sp³-hybridized carbons (Fsp3) is 0. The van der Waals surface area contributed by atoms with Crippen LogP contribution in [0.3, 0.4) is 0 Å². The number of aromatic hydroxyl groups is 1. The Hall–Kier alpha value is -3.34. The van der Waals surface area contributed by atoms with Crippen molar-refractivity contribution in [3.05, 3.63) is 72.2 Å². The number of rotatable bonds is 5. The summed E-state index contributed by atoms with van der Waals surface area (Å²) in [5.74, 6) is -1.01. The van der Waals surface area contributed by atoms with E-state index in [1.165, 1.54) is 18.2 Å². The molecule has 0 radical (unpaired) electrons. The summed E-state index contributed by atoms with van der Waals surface area (Å²) in [5.41, 5.74) is 1.60. The average Bonchev–Trinajstić information content (AvgIpc) is 2.58. The molecule has 2 aromatic carbocycles. The standard InChI is InChI=1S/C14H9BrN4O6/c15-12-6-11(19(24)25)5-9(13(12)20)7-16-17-14(21)8-2-1-3-10(4-8)18(22)23/h1-7,20H,(H,17,21)/b16-7-. The van der Waals surface area contributed by atoms with E-state index < -0.39 is 15.8 Å². The fourth-order valence-electron chi connectivity index (χ4n) is 1.79. The molecule has 1 amide bonds. The topological polar surface area (TPSA) is 148 Å². The molecule has 128 valence electrons. The van der Waals surface area contributed by atoms with Crippen molar-refractivity contribution in [1.29, 1.82) is 0 Å². The van der Waals surface area contributed by atoms with Crippen LogP contribution in [0, 0.1) is 20.2 Å². The minimum absolute atomic E-state index is 0.000386. The minimum Gasteiger partial charge on any atom is -0.506 e. The zero-order valence-electron chi connectivity index (χ0n) is 12.2. The molecule has 0 heterocycles. The number of carbonyl (C=O) groups excluding carboxylic acids is 1. The summed E-state index contributed by atoms with van der Waals surface area (Å²) < 4.78 is 0.0909.